The first kappa shape index (κ1) is 16.0. The lowest BCUT2D eigenvalue weighted by Gasteiger charge is -2.08. The van der Waals surface area contributed by atoms with Crippen molar-refractivity contribution in [1.82, 2.24) is 0 Å². The summed E-state index contributed by atoms with van der Waals surface area (Å²) in [4.78, 5) is 0. The van der Waals surface area contributed by atoms with Crippen molar-refractivity contribution in [2.24, 2.45) is 5.73 Å². The Morgan fingerprint density at radius 1 is 1.00 bits per heavy atom. The first-order valence-electron chi connectivity index (χ1n) is 7.58. The number of hydrogen-bond donors (Lipinski definition) is 1. The Morgan fingerprint density at radius 3 is 2.63 bits per heavy atom. The molecule has 0 heterocycles. The van der Waals surface area contributed by atoms with Gasteiger partial charge in [-0.15, -0.1) is 0 Å². The van der Waals surface area contributed by atoms with Crippen LogP contribution in [0.25, 0.3) is 0 Å². The van der Waals surface area contributed by atoms with Crippen LogP contribution in [0.2, 0.25) is 0 Å². The van der Waals surface area contributed by atoms with Gasteiger partial charge in [-0.3, -0.25) is 0 Å². The van der Waals surface area contributed by atoms with Crippen LogP contribution in [0.5, 0.6) is 5.75 Å². The van der Waals surface area contributed by atoms with E-state index in [9.17, 15) is 0 Å². The van der Waals surface area contributed by atoms with Crippen LogP contribution in [0, 0.1) is 6.92 Å². The van der Waals surface area contributed by atoms with Gasteiger partial charge in [-0.2, -0.15) is 0 Å². The number of rotatable bonds is 11. The second-order valence-corrected chi connectivity index (χ2v) is 5.01. The molecule has 0 aromatic heterocycles. The average Bonchev–Trinajstić information content (AvgIpc) is 2.43. The van der Waals surface area contributed by atoms with Crippen LogP contribution in [-0.2, 0) is 6.42 Å². The van der Waals surface area contributed by atoms with Gasteiger partial charge < -0.3 is 10.5 Å². The lowest BCUT2D eigenvalue weighted by atomic mass is 10.1. The lowest BCUT2D eigenvalue weighted by molar-refractivity contribution is 0.304. The summed E-state index contributed by atoms with van der Waals surface area (Å²) in [5.41, 5.74) is 6.84. The molecule has 0 saturated heterocycles. The van der Waals surface area contributed by atoms with E-state index < -0.39 is 0 Å². The summed E-state index contributed by atoms with van der Waals surface area (Å²) in [6, 6.07) is 8.48. The lowest BCUT2D eigenvalue weighted by Crippen LogP contribution is -2.00. The number of hydrogen-bond acceptors (Lipinski definition) is 2. The van der Waals surface area contributed by atoms with Crippen LogP contribution < -0.4 is 10.5 Å². The molecule has 1 radical (unpaired) electrons. The summed E-state index contributed by atoms with van der Waals surface area (Å²) in [6.45, 7) is 5.49. The topological polar surface area (TPSA) is 35.2 Å². The van der Waals surface area contributed by atoms with Crippen molar-refractivity contribution in [2.45, 2.75) is 51.4 Å². The Bertz CT molecular complexity index is 325. The molecule has 0 bridgehead atoms. The molecule has 0 spiro atoms. The molecule has 1 rings (SSSR count). The highest BCUT2D eigenvalue weighted by Crippen LogP contribution is 2.16. The van der Waals surface area contributed by atoms with Gasteiger partial charge in [0.05, 0.1) is 6.61 Å². The van der Waals surface area contributed by atoms with E-state index in [0.29, 0.717) is 0 Å². The van der Waals surface area contributed by atoms with Gasteiger partial charge >= 0.3 is 0 Å². The molecule has 2 heteroatoms. The highest BCUT2D eigenvalue weighted by atomic mass is 16.5. The third-order valence-electron chi connectivity index (χ3n) is 3.23. The molecule has 0 aliphatic carbocycles. The molecule has 0 fully saturated rings. The number of benzene rings is 1. The van der Waals surface area contributed by atoms with E-state index in [1.165, 1.54) is 31.2 Å². The SMILES string of the molecule is [CH2]CCCCc1cccc(OCCCCCCN)c1. The van der Waals surface area contributed by atoms with Gasteiger partial charge in [0.25, 0.3) is 0 Å². The quantitative estimate of drug-likeness (QED) is 0.608. The maximum atomic E-state index is 5.79. The van der Waals surface area contributed by atoms with Gasteiger partial charge in [0.2, 0.25) is 0 Å². The zero-order chi connectivity index (χ0) is 13.8. The van der Waals surface area contributed by atoms with Crippen molar-refractivity contribution in [3.05, 3.63) is 36.8 Å². The molecule has 0 amide bonds. The molecule has 1 aromatic carbocycles. The maximum absolute atomic E-state index is 5.79. The molecule has 0 aliphatic heterocycles. The second-order valence-electron chi connectivity index (χ2n) is 5.01. The molecule has 0 unspecified atom stereocenters. The Labute approximate surface area is 118 Å². The zero-order valence-electron chi connectivity index (χ0n) is 12.1. The highest BCUT2D eigenvalue weighted by molar-refractivity contribution is 5.28. The van der Waals surface area contributed by atoms with E-state index in [1.54, 1.807) is 0 Å². The van der Waals surface area contributed by atoms with E-state index in [1.807, 2.05) is 6.07 Å². The standard InChI is InChI=1S/C17H28NO/c1-2-3-6-10-16-11-9-12-17(15-16)19-14-8-5-4-7-13-18/h9,11-12,15H,1-8,10,13-14,18H2. The summed E-state index contributed by atoms with van der Waals surface area (Å²) in [5.74, 6) is 1.01. The molecule has 0 atom stereocenters. The molecule has 19 heavy (non-hydrogen) atoms. The number of ether oxygens (including phenoxy) is 1. The molecular weight excluding hydrogens is 234 g/mol. The van der Waals surface area contributed by atoms with E-state index >= 15 is 0 Å². The van der Waals surface area contributed by atoms with E-state index in [2.05, 4.69) is 25.1 Å². The molecule has 0 aliphatic rings. The number of nitrogens with two attached hydrogens (primary N) is 1. The highest BCUT2D eigenvalue weighted by Gasteiger charge is 1.97. The molecule has 2 N–H and O–H groups in total. The van der Waals surface area contributed by atoms with E-state index in [0.717, 1.165) is 44.6 Å². The minimum Gasteiger partial charge on any atom is -0.494 e. The van der Waals surface area contributed by atoms with Crippen molar-refractivity contribution < 1.29 is 4.74 Å². The van der Waals surface area contributed by atoms with Crippen LogP contribution in [0.1, 0.15) is 50.5 Å². The Kier molecular flexibility index (Phi) is 9.17. The normalized spacial score (nSPS) is 10.6. The summed E-state index contributed by atoms with van der Waals surface area (Å²) in [6.07, 6.45) is 9.24. The van der Waals surface area contributed by atoms with Gasteiger partial charge in [0.15, 0.2) is 0 Å². The van der Waals surface area contributed by atoms with Crippen LogP contribution in [0.15, 0.2) is 24.3 Å². The van der Waals surface area contributed by atoms with Crippen molar-refractivity contribution >= 4 is 0 Å². The van der Waals surface area contributed by atoms with Crippen LogP contribution in [0.3, 0.4) is 0 Å². The summed E-state index contributed by atoms with van der Waals surface area (Å²) >= 11 is 0. The first-order valence-corrected chi connectivity index (χ1v) is 7.58. The molecular formula is C17H28NO. The van der Waals surface area contributed by atoms with E-state index in [-0.39, 0.29) is 0 Å². The number of aryl methyl sites for hydroxylation is 1. The fourth-order valence-corrected chi connectivity index (χ4v) is 2.09. The van der Waals surface area contributed by atoms with Gasteiger partial charge in [-0.05, 0) is 49.9 Å². The zero-order valence-corrected chi connectivity index (χ0v) is 12.1. The van der Waals surface area contributed by atoms with Gasteiger partial charge in [-0.1, -0.05) is 44.7 Å². The summed E-state index contributed by atoms with van der Waals surface area (Å²) < 4.78 is 5.79. The first-order chi connectivity index (χ1) is 9.36. The van der Waals surface area contributed by atoms with Crippen molar-refractivity contribution in [3.63, 3.8) is 0 Å². The largest absolute Gasteiger partial charge is 0.494 e. The molecule has 0 saturated carbocycles. The van der Waals surface area contributed by atoms with Crippen LogP contribution >= 0.6 is 0 Å². The fourth-order valence-electron chi connectivity index (χ4n) is 2.09. The Hall–Kier alpha value is -1.02. The van der Waals surface area contributed by atoms with Crippen LogP contribution in [0.4, 0.5) is 0 Å². The van der Waals surface area contributed by atoms with Crippen molar-refractivity contribution in [3.8, 4) is 5.75 Å². The van der Waals surface area contributed by atoms with Crippen LogP contribution in [-0.4, -0.2) is 13.2 Å². The smallest absolute Gasteiger partial charge is 0.119 e. The van der Waals surface area contributed by atoms with Crippen molar-refractivity contribution in [2.75, 3.05) is 13.2 Å². The third-order valence-corrected chi connectivity index (χ3v) is 3.23. The summed E-state index contributed by atoms with van der Waals surface area (Å²) in [5, 5.41) is 0. The second kappa shape index (κ2) is 10.9. The van der Waals surface area contributed by atoms with E-state index in [4.69, 9.17) is 10.5 Å². The summed E-state index contributed by atoms with van der Waals surface area (Å²) in [7, 11) is 0. The van der Waals surface area contributed by atoms with Gasteiger partial charge in [-0.25, -0.2) is 0 Å². The predicted octanol–water partition coefficient (Wildman–Crippen LogP) is 4.13. The predicted molar refractivity (Wildman–Crippen MR) is 82.4 cm³/mol. The third kappa shape index (κ3) is 7.89. The minimum absolute atomic E-state index is 0.802. The Morgan fingerprint density at radius 2 is 1.84 bits per heavy atom. The minimum atomic E-state index is 0.802. The average molecular weight is 262 g/mol. The Balaban J connectivity index is 2.20. The maximum Gasteiger partial charge on any atom is 0.119 e. The van der Waals surface area contributed by atoms with Gasteiger partial charge in [0.1, 0.15) is 5.75 Å². The number of unbranched alkanes of at least 4 members (excludes halogenated alkanes) is 5. The molecule has 107 valence electrons. The molecule has 1 aromatic rings. The fraction of sp³-hybridized carbons (Fsp3) is 0.588. The van der Waals surface area contributed by atoms with Crippen molar-refractivity contribution in [1.29, 1.82) is 0 Å². The monoisotopic (exact) mass is 262 g/mol. The van der Waals surface area contributed by atoms with Gasteiger partial charge in [0, 0.05) is 0 Å². The molecule has 2 nitrogen and oxygen atoms in total.